The number of nitrogens with zero attached hydrogens (tertiary/aromatic N) is 3. The zero-order valence-corrected chi connectivity index (χ0v) is 7.86. The molecule has 1 heterocycles. The van der Waals surface area contributed by atoms with E-state index >= 15 is 0 Å². The average Bonchev–Trinajstić information content (AvgIpc) is 2.52. The third-order valence-electron chi connectivity index (χ3n) is 2.22. The standard InChI is InChI=1S/C10H10N4/c1-2-14-9-5-7(6-11)3-4-8(9)13-10(14)12/h3-5H,2H2,1H3,(H2,12,13). The molecule has 1 aromatic heterocycles. The molecule has 0 aliphatic carbocycles. The number of imidazole rings is 1. The van der Waals surface area contributed by atoms with Gasteiger partial charge in [-0.05, 0) is 25.1 Å². The molecule has 1 aromatic carbocycles. The Balaban J connectivity index is 2.79. The Labute approximate surface area is 81.6 Å². The topological polar surface area (TPSA) is 67.6 Å². The maximum Gasteiger partial charge on any atom is 0.201 e. The summed E-state index contributed by atoms with van der Waals surface area (Å²) in [6.07, 6.45) is 0. The summed E-state index contributed by atoms with van der Waals surface area (Å²) in [6, 6.07) is 7.47. The lowest BCUT2D eigenvalue weighted by molar-refractivity contribution is 0.800. The van der Waals surface area contributed by atoms with Gasteiger partial charge >= 0.3 is 0 Å². The fourth-order valence-corrected chi connectivity index (χ4v) is 1.54. The maximum atomic E-state index is 8.76. The summed E-state index contributed by atoms with van der Waals surface area (Å²) in [5.41, 5.74) is 8.11. The van der Waals surface area contributed by atoms with Gasteiger partial charge in [0, 0.05) is 6.54 Å². The van der Waals surface area contributed by atoms with Crippen molar-refractivity contribution >= 4 is 17.0 Å². The fraction of sp³-hybridized carbons (Fsp3) is 0.200. The molecule has 0 saturated heterocycles. The molecule has 70 valence electrons. The van der Waals surface area contributed by atoms with E-state index in [1.165, 1.54) is 0 Å². The normalized spacial score (nSPS) is 10.3. The smallest absolute Gasteiger partial charge is 0.201 e. The molecular formula is C10H10N4. The van der Waals surface area contributed by atoms with Crippen molar-refractivity contribution in [1.29, 1.82) is 5.26 Å². The SMILES string of the molecule is CCn1c(N)nc2ccc(C#N)cc21. The number of nitrogen functional groups attached to an aromatic ring is 1. The Morgan fingerprint density at radius 2 is 2.36 bits per heavy atom. The number of fused-ring (bicyclic) bond motifs is 1. The Morgan fingerprint density at radius 1 is 1.57 bits per heavy atom. The zero-order chi connectivity index (χ0) is 10.1. The molecule has 0 amide bonds. The molecule has 0 aliphatic rings. The first-order valence-electron chi connectivity index (χ1n) is 4.42. The van der Waals surface area contributed by atoms with Crippen molar-refractivity contribution in [3.8, 4) is 6.07 Å². The zero-order valence-electron chi connectivity index (χ0n) is 7.86. The fourth-order valence-electron chi connectivity index (χ4n) is 1.54. The lowest BCUT2D eigenvalue weighted by Gasteiger charge is -2.00. The second-order valence-corrected chi connectivity index (χ2v) is 3.03. The van der Waals surface area contributed by atoms with Crippen LogP contribution in [0, 0.1) is 11.3 Å². The van der Waals surface area contributed by atoms with E-state index in [0.29, 0.717) is 11.5 Å². The number of benzene rings is 1. The van der Waals surface area contributed by atoms with Crippen LogP contribution in [0.2, 0.25) is 0 Å². The second-order valence-electron chi connectivity index (χ2n) is 3.03. The highest BCUT2D eigenvalue weighted by Gasteiger charge is 2.06. The lowest BCUT2D eigenvalue weighted by atomic mass is 10.2. The quantitative estimate of drug-likeness (QED) is 0.734. The highest BCUT2D eigenvalue weighted by molar-refractivity contribution is 5.79. The average molecular weight is 186 g/mol. The molecule has 2 rings (SSSR count). The van der Waals surface area contributed by atoms with Crippen LogP contribution in [0.25, 0.3) is 11.0 Å². The first kappa shape index (κ1) is 8.57. The number of nitriles is 1. The van der Waals surface area contributed by atoms with Crippen LogP contribution in [0.4, 0.5) is 5.95 Å². The predicted molar refractivity (Wildman–Crippen MR) is 54.5 cm³/mol. The van der Waals surface area contributed by atoms with Gasteiger partial charge in [-0.25, -0.2) is 4.98 Å². The van der Waals surface area contributed by atoms with E-state index < -0.39 is 0 Å². The predicted octanol–water partition coefficient (Wildman–Crippen LogP) is 1.51. The van der Waals surface area contributed by atoms with Crippen LogP contribution in [0.3, 0.4) is 0 Å². The van der Waals surface area contributed by atoms with Gasteiger partial charge < -0.3 is 10.3 Å². The molecule has 14 heavy (non-hydrogen) atoms. The Kier molecular flexibility index (Phi) is 1.86. The number of anilines is 1. The monoisotopic (exact) mass is 186 g/mol. The summed E-state index contributed by atoms with van der Waals surface area (Å²) in [6.45, 7) is 2.76. The van der Waals surface area contributed by atoms with Crippen molar-refractivity contribution < 1.29 is 0 Å². The molecule has 0 saturated carbocycles. The van der Waals surface area contributed by atoms with Gasteiger partial charge in [0.2, 0.25) is 5.95 Å². The highest BCUT2D eigenvalue weighted by atomic mass is 15.1. The molecule has 0 fully saturated rings. The summed E-state index contributed by atoms with van der Waals surface area (Å²) >= 11 is 0. The van der Waals surface area contributed by atoms with E-state index in [9.17, 15) is 0 Å². The first-order valence-corrected chi connectivity index (χ1v) is 4.42. The van der Waals surface area contributed by atoms with Crippen molar-refractivity contribution in [2.24, 2.45) is 0 Å². The van der Waals surface area contributed by atoms with Crippen LogP contribution in [-0.2, 0) is 6.54 Å². The minimum absolute atomic E-state index is 0.498. The minimum Gasteiger partial charge on any atom is -0.369 e. The number of hydrogen-bond acceptors (Lipinski definition) is 3. The van der Waals surface area contributed by atoms with Crippen LogP contribution < -0.4 is 5.73 Å². The molecule has 0 aliphatic heterocycles. The molecule has 4 nitrogen and oxygen atoms in total. The number of aromatic nitrogens is 2. The first-order chi connectivity index (χ1) is 6.76. The Bertz CT molecular complexity index is 519. The van der Waals surface area contributed by atoms with E-state index in [4.69, 9.17) is 11.0 Å². The summed E-state index contributed by atoms with van der Waals surface area (Å²) in [5, 5.41) is 8.76. The van der Waals surface area contributed by atoms with Gasteiger partial charge in [0.25, 0.3) is 0 Å². The van der Waals surface area contributed by atoms with Crippen molar-refractivity contribution in [1.82, 2.24) is 9.55 Å². The van der Waals surface area contributed by atoms with E-state index in [2.05, 4.69) is 11.1 Å². The van der Waals surface area contributed by atoms with Gasteiger partial charge in [0.1, 0.15) is 0 Å². The second kappa shape index (κ2) is 3.04. The summed E-state index contributed by atoms with van der Waals surface area (Å²) in [5.74, 6) is 0.498. The van der Waals surface area contributed by atoms with Crippen LogP contribution in [0.1, 0.15) is 12.5 Å². The molecular weight excluding hydrogens is 176 g/mol. The minimum atomic E-state index is 0.498. The molecule has 0 bridgehead atoms. The van der Waals surface area contributed by atoms with Gasteiger partial charge in [-0.1, -0.05) is 0 Å². The number of aryl methyl sites for hydroxylation is 1. The van der Waals surface area contributed by atoms with Gasteiger partial charge in [-0.3, -0.25) is 0 Å². The van der Waals surface area contributed by atoms with Crippen LogP contribution in [-0.4, -0.2) is 9.55 Å². The number of rotatable bonds is 1. The van der Waals surface area contributed by atoms with Gasteiger partial charge in [0.15, 0.2) is 0 Å². The summed E-state index contributed by atoms with van der Waals surface area (Å²) in [7, 11) is 0. The number of hydrogen-bond donors (Lipinski definition) is 1. The Hall–Kier alpha value is -2.02. The van der Waals surface area contributed by atoms with Crippen LogP contribution in [0.5, 0.6) is 0 Å². The van der Waals surface area contributed by atoms with E-state index in [1.54, 1.807) is 6.07 Å². The van der Waals surface area contributed by atoms with E-state index in [-0.39, 0.29) is 0 Å². The van der Waals surface area contributed by atoms with Gasteiger partial charge in [-0.2, -0.15) is 5.26 Å². The molecule has 0 atom stereocenters. The maximum absolute atomic E-state index is 8.76. The molecule has 0 spiro atoms. The van der Waals surface area contributed by atoms with Crippen molar-refractivity contribution in [3.63, 3.8) is 0 Å². The number of nitrogens with two attached hydrogens (primary N) is 1. The van der Waals surface area contributed by atoms with Crippen molar-refractivity contribution in [2.75, 3.05) is 5.73 Å². The lowest BCUT2D eigenvalue weighted by Crippen LogP contribution is -2.00. The van der Waals surface area contributed by atoms with Crippen molar-refractivity contribution in [2.45, 2.75) is 13.5 Å². The van der Waals surface area contributed by atoms with Crippen LogP contribution in [0.15, 0.2) is 18.2 Å². The van der Waals surface area contributed by atoms with E-state index in [0.717, 1.165) is 17.6 Å². The van der Waals surface area contributed by atoms with E-state index in [1.807, 2.05) is 23.6 Å². The third kappa shape index (κ3) is 1.11. The van der Waals surface area contributed by atoms with Gasteiger partial charge in [0.05, 0.1) is 22.7 Å². The largest absolute Gasteiger partial charge is 0.369 e. The molecule has 2 N–H and O–H groups in total. The molecule has 2 aromatic rings. The molecule has 4 heteroatoms. The van der Waals surface area contributed by atoms with Gasteiger partial charge in [-0.15, -0.1) is 0 Å². The van der Waals surface area contributed by atoms with Crippen molar-refractivity contribution in [3.05, 3.63) is 23.8 Å². The molecule has 0 radical (unpaired) electrons. The highest BCUT2D eigenvalue weighted by Crippen LogP contribution is 2.18. The third-order valence-corrected chi connectivity index (χ3v) is 2.22. The summed E-state index contributed by atoms with van der Waals surface area (Å²) < 4.78 is 1.89. The van der Waals surface area contributed by atoms with Crippen LogP contribution >= 0.6 is 0 Å². The molecule has 0 unspecified atom stereocenters. The summed E-state index contributed by atoms with van der Waals surface area (Å²) in [4.78, 5) is 4.19. The Morgan fingerprint density at radius 3 is 3.00 bits per heavy atom.